The predicted octanol–water partition coefficient (Wildman–Crippen LogP) is 3.72. The fraction of sp³-hybridized carbons (Fsp3) is 0.333. The summed E-state index contributed by atoms with van der Waals surface area (Å²) in [5, 5.41) is 0. The van der Waals surface area contributed by atoms with Gasteiger partial charge in [-0.3, -0.25) is 0 Å². The van der Waals surface area contributed by atoms with E-state index < -0.39 is 10.0 Å². The molecule has 0 aromatic heterocycles. The van der Waals surface area contributed by atoms with Crippen LogP contribution in [0.2, 0.25) is 0 Å². The van der Waals surface area contributed by atoms with Gasteiger partial charge in [0, 0.05) is 11.4 Å². The highest BCUT2D eigenvalue weighted by Crippen LogP contribution is 2.20. The first-order chi connectivity index (χ1) is 11.6. The molecule has 0 radical (unpaired) electrons. The molecule has 0 saturated carbocycles. The van der Waals surface area contributed by atoms with Crippen molar-refractivity contribution >= 4 is 21.8 Å². The van der Waals surface area contributed by atoms with Crippen LogP contribution in [0.25, 0.3) is 0 Å². The lowest BCUT2D eigenvalue weighted by Gasteiger charge is -2.10. The highest BCUT2D eigenvalue weighted by atomic mass is 32.2. The standard InChI is InChI=1S/C18H23NO3S2/c1-3-22-18-9-5-4-7-15(18)8-6-14-19-24(20,21)17-12-10-16(23-2)11-13-17/h4-5,7,9-13,19H,3,6,8,14H2,1-2H3. The minimum atomic E-state index is -3.45. The Hall–Kier alpha value is -1.50. The molecule has 0 atom stereocenters. The van der Waals surface area contributed by atoms with Crippen LogP contribution < -0.4 is 9.46 Å². The zero-order valence-corrected chi connectivity index (χ0v) is 15.6. The summed E-state index contributed by atoms with van der Waals surface area (Å²) in [6.07, 6.45) is 3.44. The summed E-state index contributed by atoms with van der Waals surface area (Å²) in [7, 11) is -3.45. The lowest BCUT2D eigenvalue weighted by atomic mass is 10.1. The Morgan fingerprint density at radius 2 is 1.79 bits per heavy atom. The average molecular weight is 366 g/mol. The molecule has 0 aliphatic heterocycles. The molecular formula is C18H23NO3S2. The van der Waals surface area contributed by atoms with Crippen molar-refractivity contribution in [2.24, 2.45) is 0 Å². The van der Waals surface area contributed by atoms with Crippen LogP contribution in [0.5, 0.6) is 5.75 Å². The molecule has 0 aliphatic carbocycles. The molecule has 0 saturated heterocycles. The second-order valence-electron chi connectivity index (χ2n) is 5.22. The summed E-state index contributed by atoms with van der Waals surface area (Å²) < 4.78 is 32.8. The zero-order valence-electron chi connectivity index (χ0n) is 14.0. The van der Waals surface area contributed by atoms with E-state index in [4.69, 9.17) is 4.74 Å². The summed E-state index contributed by atoms with van der Waals surface area (Å²) in [5.74, 6) is 0.871. The first-order valence-corrected chi connectivity index (χ1v) is 10.6. The van der Waals surface area contributed by atoms with E-state index in [0.29, 0.717) is 24.5 Å². The second-order valence-corrected chi connectivity index (χ2v) is 7.86. The van der Waals surface area contributed by atoms with Crippen LogP contribution in [-0.2, 0) is 16.4 Å². The van der Waals surface area contributed by atoms with Gasteiger partial charge in [-0.05, 0) is 61.9 Å². The maximum atomic E-state index is 12.3. The maximum absolute atomic E-state index is 12.3. The SMILES string of the molecule is CCOc1ccccc1CCCNS(=O)(=O)c1ccc(SC)cc1. The minimum Gasteiger partial charge on any atom is -0.494 e. The fourth-order valence-corrected chi connectivity index (χ4v) is 3.81. The van der Waals surface area contributed by atoms with Crippen molar-refractivity contribution in [3.63, 3.8) is 0 Å². The molecule has 2 aromatic rings. The van der Waals surface area contributed by atoms with E-state index in [1.54, 1.807) is 23.9 Å². The summed E-state index contributed by atoms with van der Waals surface area (Å²) in [6.45, 7) is 2.97. The number of benzene rings is 2. The van der Waals surface area contributed by atoms with E-state index in [9.17, 15) is 8.42 Å². The van der Waals surface area contributed by atoms with E-state index in [2.05, 4.69) is 4.72 Å². The molecular weight excluding hydrogens is 342 g/mol. The van der Waals surface area contributed by atoms with Gasteiger partial charge in [0.25, 0.3) is 0 Å². The Morgan fingerprint density at radius 3 is 2.46 bits per heavy atom. The first-order valence-electron chi connectivity index (χ1n) is 7.91. The third kappa shape index (κ3) is 5.26. The second kappa shape index (κ2) is 9.11. The van der Waals surface area contributed by atoms with Crippen molar-refractivity contribution in [2.45, 2.75) is 29.6 Å². The van der Waals surface area contributed by atoms with Crippen LogP contribution in [0.3, 0.4) is 0 Å². The van der Waals surface area contributed by atoms with E-state index in [0.717, 1.165) is 22.6 Å². The fourth-order valence-electron chi connectivity index (χ4n) is 2.33. The predicted molar refractivity (Wildman–Crippen MR) is 99.3 cm³/mol. The molecule has 0 amide bonds. The van der Waals surface area contributed by atoms with Gasteiger partial charge in [0.05, 0.1) is 11.5 Å². The van der Waals surface area contributed by atoms with Crippen molar-refractivity contribution < 1.29 is 13.2 Å². The van der Waals surface area contributed by atoms with Crippen LogP contribution in [0.1, 0.15) is 18.9 Å². The Kier molecular flexibility index (Phi) is 7.15. The molecule has 4 nitrogen and oxygen atoms in total. The van der Waals surface area contributed by atoms with E-state index in [-0.39, 0.29) is 0 Å². The van der Waals surface area contributed by atoms with Gasteiger partial charge in [0.1, 0.15) is 5.75 Å². The third-order valence-electron chi connectivity index (χ3n) is 3.56. The van der Waals surface area contributed by atoms with Crippen molar-refractivity contribution in [1.82, 2.24) is 4.72 Å². The number of hydrogen-bond acceptors (Lipinski definition) is 4. The molecule has 0 bridgehead atoms. The number of hydrogen-bond donors (Lipinski definition) is 1. The van der Waals surface area contributed by atoms with Crippen LogP contribution in [0.15, 0.2) is 58.3 Å². The number of nitrogens with one attached hydrogen (secondary N) is 1. The van der Waals surface area contributed by atoms with Gasteiger partial charge < -0.3 is 4.74 Å². The number of rotatable bonds is 9. The van der Waals surface area contributed by atoms with Gasteiger partial charge in [-0.25, -0.2) is 13.1 Å². The topological polar surface area (TPSA) is 55.4 Å². The average Bonchev–Trinajstić information content (AvgIpc) is 2.60. The molecule has 0 spiro atoms. The van der Waals surface area contributed by atoms with Gasteiger partial charge >= 0.3 is 0 Å². The number of para-hydroxylation sites is 1. The zero-order chi connectivity index (χ0) is 17.4. The molecule has 24 heavy (non-hydrogen) atoms. The van der Waals surface area contributed by atoms with Crippen molar-refractivity contribution in [1.29, 1.82) is 0 Å². The molecule has 1 N–H and O–H groups in total. The molecule has 0 aliphatic rings. The Bertz CT molecular complexity index is 743. The van der Waals surface area contributed by atoms with Crippen LogP contribution in [0, 0.1) is 0 Å². The quantitative estimate of drug-likeness (QED) is 0.543. The van der Waals surface area contributed by atoms with E-state index >= 15 is 0 Å². The molecule has 6 heteroatoms. The minimum absolute atomic E-state index is 0.301. The van der Waals surface area contributed by atoms with Crippen molar-refractivity contribution in [3.8, 4) is 5.75 Å². The lowest BCUT2D eigenvalue weighted by molar-refractivity contribution is 0.336. The number of aryl methyl sites for hydroxylation is 1. The number of thioether (sulfide) groups is 1. The lowest BCUT2D eigenvalue weighted by Crippen LogP contribution is -2.25. The van der Waals surface area contributed by atoms with E-state index in [1.807, 2.05) is 49.6 Å². The normalized spacial score (nSPS) is 11.4. The maximum Gasteiger partial charge on any atom is 0.240 e. The molecule has 2 rings (SSSR count). The summed E-state index contributed by atoms with van der Waals surface area (Å²) >= 11 is 1.59. The molecule has 0 fully saturated rings. The van der Waals surface area contributed by atoms with Gasteiger partial charge in [-0.1, -0.05) is 18.2 Å². The number of ether oxygens (including phenoxy) is 1. The van der Waals surface area contributed by atoms with Gasteiger partial charge in [0.15, 0.2) is 0 Å². The monoisotopic (exact) mass is 365 g/mol. The summed E-state index contributed by atoms with van der Waals surface area (Å²) in [4.78, 5) is 1.34. The Labute approximate surface area is 148 Å². The van der Waals surface area contributed by atoms with Crippen molar-refractivity contribution in [3.05, 3.63) is 54.1 Å². The smallest absolute Gasteiger partial charge is 0.240 e. The van der Waals surface area contributed by atoms with Crippen LogP contribution >= 0.6 is 11.8 Å². The van der Waals surface area contributed by atoms with Crippen LogP contribution in [-0.4, -0.2) is 27.8 Å². The van der Waals surface area contributed by atoms with Gasteiger partial charge in [-0.15, -0.1) is 11.8 Å². The Morgan fingerprint density at radius 1 is 1.08 bits per heavy atom. The first kappa shape index (κ1) is 18.8. The molecule has 0 heterocycles. The summed E-state index contributed by atoms with van der Waals surface area (Å²) in [5.41, 5.74) is 1.10. The van der Waals surface area contributed by atoms with Gasteiger partial charge in [-0.2, -0.15) is 0 Å². The van der Waals surface area contributed by atoms with Gasteiger partial charge in [0.2, 0.25) is 10.0 Å². The highest BCUT2D eigenvalue weighted by molar-refractivity contribution is 7.98. The number of sulfonamides is 1. The Balaban J connectivity index is 1.89. The van der Waals surface area contributed by atoms with E-state index in [1.165, 1.54) is 0 Å². The molecule has 2 aromatic carbocycles. The largest absolute Gasteiger partial charge is 0.494 e. The van der Waals surface area contributed by atoms with Crippen molar-refractivity contribution in [2.75, 3.05) is 19.4 Å². The van der Waals surface area contributed by atoms with Crippen LogP contribution in [0.4, 0.5) is 0 Å². The molecule has 130 valence electrons. The third-order valence-corrected chi connectivity index (χ3v) is 5.78. The highest BCUT2D eigenvalue weighted by Gasteiger charge is 2.13. The summed E-state index contributed by atoms with van der Waals surface area (Å²) in [6, 6.07) is 14.8. The molecule has 0 unspecified atom stereocenters.